The van der Waals surface area contributed by atoms with Crippen molar-refractivity contribution in [2.24, 2.45) is 0 Å². The summed E-state index contributed by atoms with van der Waals surface area (Å²) in [4.78, 5) is 12.0. The van der Waals surface area contributed by atoms with Gasteiger partial charge < -0.3 is 4.74 Å². The fourth-order valence-electron chi connectivity index (χ4n) is 1.23. The number of halogens is 1. The summed E-state index contributed by atoms with van der Waals surface area (Å²) in [7, 11) is 0. The van der Waals surface area contributed by atoms with E-state index in [1.807, 2.05) is 12.1 Å². The molecule has 1 heterocycles. The maximum atomic E-state index is 11.0. The molecule has 2 rings (SSSR count). The number of carbonyl (C=O) groups is 1. The lowest BCUT2D eigenvalue weighted by molar-refractivity contribution is 0.107. The van der Waals surface area contributed by atoms with Crippen molar-refractivity contribution in [3.05, 3.63) is 23.8 Å². The Morgan fingerprint density at radius 2 is 2.38 bits per heavy atom. The van der Waals surface area contributed by atoms with Crippen LogP contribution in [-0.2, 0) is 0 Å². The first-order chi connectivity index (χ1) is 6.29. The van der Waals surface area contributed by atoms with Gasteiger partial charge >= 0.3 is 0 Å². The van der Waals surface area contributed by atoms with E-state index in [1.54, 1.807) is 17.8 Å². The molecule has 1 aromatic carbocycles. The van der Waals surface area contributed by atoms with Crippen LogP contribution in [0.4, 0.5) is 0 Å². The number of carbonyl (C=O) groups excluding carboxylic acids is 1. The van der Waals surface area contributed by atoms with E-state index in [0.717, 1.165) is 10.6 Å². The van der Waals surface area contributed by atoms with Crippen molar-refractivity contribution in [1.29, 1.82) is 0 Å². The Labute approximate surface area is 85.2 Å². The van der Waals surface area contributed by atoms with E-state index in [9.17, 15) is 4.79 Å². The highest BCUT2D eigenvalue weighted by Crippen LogP contribution is 2.36. The van der Waals surface area contributed by atoms with Crippen molar-refractivity contribution in [1.82, 2.24) is 0 Å². The Kier molecular flexibility index (Phi) is 2.47. The lowest BCUT2D eigenvalue weighted by Crippen LogP contribution is -2.09. The van der Waals surface area contributed by atoms with Crippen molar-refractivity contribution < 1.29 is 9.53 Å². The Morgan fingerprint density at radius 3 is 3.15 bits per heavy atom. The van der Waals surface area contributed by atoms with E-state index in [2.05, 4.69) is 0 Å². The van der Waals surface area contributed by atoms with Crippen molar-refractivity contribution in [2.45, 2.75) is 4.90 Å². The van der Waals surface area contributed by atoms with Crippen molar-refractivity contribution in [3.63, 3.8) is 0 Å². The van der Waals surface area contributed by atoms with Crippen LogP contribution in [0, 0.1) is 0 Å². The molecule has 4 heteroatoms. The van der Waals surface area contributed by atoms with E-state index >= 15 is 0 Å². The Bertz CT molecular complexity index is 351. The molecule has 0 radical (unpaired) electrons. The molecule has 1 aliphatic rings. The van der Waals surface area contributed by atoms with E-state index in [4.69, 9.17) is 16.3 Å². The summed E-state index contributed by atoms with van der Waals surface area (Å²) in [6, 6.07) is 5.43. The molecule has 0 bridgehead atoms. The SMILES string of the molecule is O=C(Cl)c1cccc2c1OCCS2. The van der Waals surface area contributed by atoms with Crippen molar-refractivity contribution >= 4 is 28.6 Å². The third-order valence-corrected chi connectivity index (χ3v) is 2.98. The van der Waals surface area contributed by atoms with Gasteiger partial charge in [-0.3, -0.25) is 4.79 Å². The van der Waals surface area contributed by atoms with Crippen LogP contribution in [0.25, 0.3) is 0 Å². The minimum atomic E-state index is -0.459. The van der Waals surface area contributed by atoms with E-state index in [0.29, 0.717) is 17.9 Å². The molecular formula is C9H7ClO2S. The van der Waals surface area contributed by atoms with Gasteiger partial charge in [0.1, 0.15) is 5.75 Å². The van der Waals surface area contributed by atoms with Crippen LogP contribution >= 0.6 is 23.4 Å². The Balaban J connectivity index is 2.52. The van der Waals surface area contributed by atoms with E-state index in [-0.39, 0.29) is 0 Å². The van der Waals surface area contributed by atoms with Crippen LogP contribution in [-0.4, -0.2) is 17.6 Å². The zero-order valence-corrected chi connectivity index (χ0v) is 8.32. The van der Waals surface area contributed by atoms with Crippen LogP contribution < -0.4 is 4.74 Å². The summed E-state index contributed by atoms with van der Waals surface area (Å²) >= 11 is 7.10. The molecule has 68 valence electrons. The third kappa shape index (κ3) is 1.67. The summed E-state index contributed by atoms with van der Waals surface area (Å²) in [5.41, 5.74) is 0.464. The molecular weight excluding hydrogens is 208 g/mol. The van der Waals surface area contributed by atoms with Crippen LogP contribution in [0.2, 0.25) is 0 Å². The largest absolute Gasteiger partial charge is 0.491 e. The molecule has 1 aliphatic heterocycles. The van der Waals surface area contributed by atoms with Gasteiger partial charge in [-0.1, -0.05) is 6.07 Å². The number of hydrogen-bond acceptors (Lipinski definition) is 3. The molecule has 0 saturated carbocycles. The second-order valence-corrected chi connectivity index (χ2v) is 4.08. The van der Waals surface area contributed by atoms with Gasteiger partial charge in [0.2, 0.25) is 0 Å². The summed E-state index contributed by atoms with van der Waals surface area (Å²) in [6.45, 7) is 0.638. The van der Waals surface area contributed by atoms with Gasteiger partial charge in [-0.25, -0.2) is 0 Å². The number of fused-ring (bicyclic) bond motifs is 1. The molecule has 13 heavy (non-hydrogen) atoms. The zero-order valence-electron chi connectivity index (χ0n) is 6.75. The molecule has 0 aliphatic carbocycles. The van der Waals surface area contributed by atoms with Crippen LogP contribution in [0.1, 0.15) is 10.4 Å². The second kappa shape index (κ2) is 3.60. The predicted molar refractivity (Wildman–Crippen MR) is 52.8 cm³/mol. The van der Waals surface area contributed by atoms with Gasteiger partial charge in [0.05, 0.1) is 17.1 Å². The number of thioether (sulfide) groups is 1. The lowest BCUT2D eigenvalue weighted by Gasteiger charge is -2.17. The summed E-state index contributed by atoms with van der Waals surface area (Å²) in [5.74, 6) is 1.56. The Morgan fingerprint density at radius 1 is 1.54 bits per heavy atom. The Hall–Kier alpha value is -0.670. The summed E-state index contributed by atoms with van der Waals surface area (Å²) < 4.78 is 5.39. The van der Waals surface area contributed by atoms with Crippen LogP contribution in [0.3, 0.4) is 0 Å². The zero-order chi connectivity index (χ0) is 9.26. The second-order valence-electron chi connectivity index (χ2n) is 2.60. The van der Waals surface area contributed by atoms with Gasteiger partial charge in [0.15, 0.2) is 0 Å². The quantitative estimate of drug-likeness (QED) is 0.673. The molecule has 0 unspecified atom stereocenters. The van der Waals surface area contributed by atoms with Crippen LogP contribution in [0.5, 0.6) is 5.75 Å². The van der Waals surface area contributed by atoms with E-state index < -0.39 is 5.24 Å². The highest BCUT2D eigenvalue weighted by atomic mass is 35.5. The first-order valence-electron chi connectivity index (χ1n) is 3.87. The highest BCUT2D eigenvalue weighted by Gasteiger charge is 2.17. The molecule has 0 amide bonds. The molecule has 0 fully saturated rings. The number of para-hydroxylation sites is 1. The van der Waals surface area contributed by atoms with Crippen LogP contribution in [0.15, 0.2) is 23.1 Å². The number of ether oxygens (including phenoxy) is 1. The highest BCUT2D eigenvalue weighted by molar-refractivity contribution is 7.99. The third-order valence-electron chi connectivity index (χ3n) is 1.78. The average Bonchev–Trinajstić information content (AvgIpc) is 2.17. The maximum Gasteiger partial charge on any atom is 0.256 e. The fourth-order valence-corrected chi connectivity index (χ4v) is 2.24. The smallest absolute Gasteiger partial charge is 0.256 e. The topological polar surface area (TPSA) is 26.3 Å². The predicted octanol–water partition coefficient (Wildman–Crippen LogP) is 2.55. The molecule has 0 saturated heterocycles. The van der Waals surface area contributed by atoms with E-state index in [1.165, 1.54) is 0 Å². The molecule has 0 N–H and O–H groups in total. The molecule has 0 atom stereocenters. The minimum absolute atomic E-state index is 0.459. The van der Waals surface area contributed by atoms with Gasteiger partial charge in [-0.2, -0.15) is 0 Å². The monoisotopic (exact) mass is 214 g/mol. The van der Waals surface area contributed by atoms with Crippen molar-refractivity contribution in [2.75, 3.05) is 12.4 Å². The standard InChI is InChI=1S/C9H7ClO2S/c10-9(11)6-2-1-3-7-8(6)12-4-5-13-7/h1-3H,4-5H2. The van der Waals surface area contributed by atoms with Gasteiger partial charge in [0, 0.05) is 5.75 Å². The van der Waals surface area contributed by atoms with Crippen molar-refractivity contribution in [3.8, 4) is 5.75 Å². The van der Waals surface area contributed by atoms with Gasteiger partial charge in [-0.05, 0) is 23.7 Å². The lowest BCUT2D eigenvalue weighted by atomic mass is 10.2. The summed E-state index contributed by atoms with van der Waals surface area (Å²) in [5, 5.41) is -0.459. The average molecular weight is 215 g/mol. The minimum Gasteiger partial charge on any atom is -0.491 e. The number of rotatable bonds is 1. The number of benzene rings is 1. The normalized spacial score (nSPS) is 14.5. The maximum absolute atomic E-state index is 11.0. The first kappa shape index (κ1) is 8.91. The first-order valence-corrected chi connectivity index (χ1v) is 5.24. The van der Waals surface area contributed by atoms with Gasteiger partial charge in [0.25, 0.3) is 5.24 Å². The molecule has 1 aromatic rings. The number of hydrogen-bond donors (Lipinski definition) is 0. The summed E-state index contributed by atoms with van der Waals surface area (Å²) in [6.07, 6.45) is 0. The molecule has 2 nitrogen and oxygen atoms in total. The molecule has 0 spiro atoms. The van der Waals surface area contributed by atoms with Gasteiger partial charge in [-0.15, -0.1) is 11.8 Å². The fraction of sp³-hybridized carbons (Fsp3) is 0.222. The molecule has 0 aromatic heterocycles.